The summed E-state index contributed by atoms with van der Waals surface area (Å²) in [5, 5.41) is 14.4. The van der Waals surface area contributed by atoms with Gasteiger partial charge in [0, 0.05) is 43.1 Å². The van der Waals surface area contributed by atoms with E-state index in [9.17, 15) is 9.90 Å². The summed E-state index contributed by atoms with van der Waals surface area (Å²) in [6.07, 6.45) is 3.99. The number of likely N-dealkylation sites (tertiary alicyclic amines) is 1. The van der Waals surface area contributed by atoms with E-state index in [0.29, 0.717) is 24.5 Å². The van der Waals surface area contributed by atoms with Crippen LogP contribution in [-0.4, -0.2) is 65.8 Å². The van der Waals surface area contributed by atoms with Crippen LogP contribution in [0.15, 0.2) is 42.6 Å². The van der Waals surface area contributed by atoms with Gasteiger partial charge in [-0.1, -0.05) is 17.7 Å². The highest BCUT2D eigenvalue weighted by Gasteiger charge is 2.33. The first-order valence-corrected chi connectivity index (χ1v) is 12.5. The zero-order valence-corrected chi connectivity index (χ0v) is 20.6. The van der Waals surface area contributed by atoms with Crippen LogP contribution in [0, 0.1) is 12.8 Å². The topological polar surface area (TPSA) is 77.9 Å². The molecular weight excluding hydrogens is 428 g/mol. The van der Waals surface area contributed by atoms with E-state index in [4.69, 9.17) is 4.74 Å². The molecule has 0 radical (unpaired) electrons. The molecule has 34 heavy (non-hydrogen) atoms. The molecular formula is C27H38N4O3. The Morgan fingerprint density at radius 3 is 2.53 bits per heavy atom. The standard InChI is InChI=1S/C27H38N4O3/c1-19(2)34-25-11-8-21(16-28-25)26(32)24(18-30-13-4-5-14-30)29-27(33)22-12-15-31(17-22)23-9-6-20(3)7-10-23/h6-11,16,19,22,24,26,32H,4-5,12-15,17-18H2,1-3H3,(H,29,33)/t22?,24-,26-/m1/s1. The van der Waals surface area contributed by atoms with Crippen LogP contribution in [0.5, 0.6) is 5.88 Å². The number of hydrogen-bond donors (Lipinski definition) is 2. The number of aliphatic hydroxyl groups excluding tert-OH is 1. The Morgan fingerprint density at radius 2 is 1.88 bits per heavy atom. The molecule has 0 bridgehead atoms. The molecule has 1 aromatic carbocycles. The van der Waals surface area contributed by atoms with Gasteiger partial charge in [0.05, 0.1) is 18.1 Å². The number of nitrogens with one attached hydrogen (secondary N) is 1. The number of aliphatic hydroxyl groups is 1. The van der Waals surface area contributed by atoms with Gasteiger partial charge in [-0.3, -0.25) is 4.79 Å². The third-order valence-electron chi connectivity index (χ3n) is 6.78. The third-order valence-corrected chi connectivity index (χ3v) is 6.78. The average Bonchev–Trinajstić information content (AvgIpc) is 3.51. The molecule has 2 aliphatic rings. The van der Waals surface area contributed by atoms with Crippen LogP contribution in [-0.2, 0) is 4.79 Å². The summed E-state index contributed by atoms with van der Waals surface area (Å²) in [6.45, 7) is 10.2. The predicted molar refractivity (Wildman–Crippen MR) is 134 cm³/mol. The van der Waals surface area contributed by atoms with Crippen LogP contribution in [0.1, 0.15) is 50.3 Å². The number of amides is 1. The highest BCUT2D eigenvalue weighted by Crippen LogP contribution is 2.26. The number of ether oxygens (including phenoxy) is 1. The maximum absolute atomic E-state index is 13.3. The van der Waals surface area contributed by atoms with Crippen molar-refractivity contribution in [2.75, 3.05) is 37.6 Å². The average molecular weight is 467 g/mol. The fourth-order valence-corrected chi connectivity index (χ4v) is 4.84. The molecule has 7 nitrogen and oxygen atoms in total. The molecule has 184 valence electrons. The Hall–Kier alpha value is -2.64. The minimum atomic E-state index is -0.834. The number of hydrogen-bond acceptors (Lipinski definition) is 6. The van der Waals surface area contributed by atoms with E-state index in [1.54, 1.807) is 12.3 Å². The van der Waals surface area contributed by atoms with Crippen molar-refractivity contribution in [2.24, 2.45) is 5.92 Å². The summed E-state index contributed by atoms with van der Waals surface area (Å²) < 4.78 is 5.63. The largest absolute Gasteiger partial charge is 0.475 e. The van der Waals surface area contributed by atoms with Gasteiger partial charge in [0.25, 0.3) is 0 Å². The van der Waals surface area contributed by atoms with Gasteiger partial charge >= 0.3 is 0 Å². The minimum Gasteiger partial charge on any atom is -0.475 e. The maximum atomic E-state index is 13.3. The second kappa shape index (κ2) is 11.2. The lowest BCUT2D eigenvalue weighted by Gasteiger charge is -2.29. The Labute approximate surface area is 203 Å². The second-order valence-corrected chi connectivity index (χ2v) is 9.93. The van der Waals surface area contributed by atoms with Crippen molar-refractivity contribution in [1.82, 2.24) is 15.2 Å². The highest BCUT2D eigenvalue weighted by atomic mass is 16.5. The monoisotopic (exact) mass is 466 g/mol. The molecule has 2 aromatic rings. The van der Waals surface area contributed by atoms with Crippen LogP contribution in [0.4, 0.5) is 5.69 Å². The first-order valence-electron chi connectivity index (χ1n) is 12.5. The van der Waals surface area contributed by atoms with E-state index < -0.39 is 12.1 Å². The van der Waals surface area contributed by atoms with Gasteiger partial charge in [-0.25, -0.2) is 4.98 Å². The molecule has 0 spiro atoms. The van der Waals surface area contributed by atoms with Gasteiger partial charge in [0.15, 0.2) is 0 Å². The van der Waals surface area contributed by atoms with E-state index in [1.165, 1.54) is 5.56 Å². The summed E-state index contributed by atoms with van der Waals surface area (Å²) in [5.74, 6) is 0.466. The molecule has 2 aliphatic heterocycles. The number of benzene rings is 1. The molecule has 1 unspecified atom stereocenters. The van der Waals surface area contributed by atoms with Gasteiger partial charge in [0.2, 0.25) is 11.8 Å². The molecule has 2 saturated heterocycles. The smallest absolute Gasteiger partial charge is 0.225 e. The highest BCUT2D eigenvalue weighted by molar-refractivity contribution is 5.80. The third kappa shape index (κ3) is 6.27. The zero-order valence-electron chi connectivity index (χ0n) is 20.6. The first-order chi connectivity index (χ1) is 16.4. The Bertz CT molecular complexity index is 926. The SMILES string of the molecule is Cc1ccc(N2CCC(C(=O)N[C@H](CN3CCCC3)[C@H](O)c3ccc(OC(C)C)nc3)C2)cc1. The first kappa shape index (κ1) is 24.5. The molecule has 4 rings (SSSR count). The molecule has 1 aromatic heterocycles. The predicted octanol–water partition coefficient (Wildman–Crippen LogP) is 3.32. The number of aromatic nitrogens is 1. The molecule has 7 heteroatoms. The molecule has 2 fully saturated rings. The maximum Gasteiger partial charge on any atom is 0.225 e. The number of nitrogens with zero attached hydrogens (tertiary/aromatic N) is 3. The molecule has 3 heterocycles. The van der Waals surface area contributed by atoms with E-state index in [-0.39, 0.29) is 17.9 Å². The van der Waals surface area contributed by atoms with Crippen molar-refractivity contribution < 1.29 is 14.6 Å². The quantitative estimate of drug-likeness (QED) is 0.590. The van der Waals surface area contributed by atoms with Crippen LogP contribution >= 0.6 is 0 Å². The van der Waals surface area contributed by atoms with Crippen LogP contribution in [0.2, 0.25) is 0 Å². The lowest BCUT2D eigenvalue weighted by Crippen LogP contribution is -2.48. The van der Waals surface area contributed by atoms with Crippen LogP contribution in [0.3, 0.4) is 0 Å². The van der Waals surface area contributed by atoms with Gasteiger partial charge in [-0.15, -0.1) is 0 Å². The van der Waals surface area contributed by atoms with Crippen LogP contribution in [0.25, 0.3) is 0 Å². The van der Waals surface area contributed by atoms with Crippen molar-refractivity contribution in [2.45, 2.75) is 58.3 Å². The van der Waals surface area contributed by atoms with Crippen molar-refractivity contribution >= 4 is 11.6 Å². The van der Waals surface area contributed by atoms with E-state index in [1.807, 2.05) is 19.9 Å². The Kier molecular flexibility index (Phi) is 8.06. The summed E-state index contributed by atoms with van der Waals surface area (Å²) in [4.78, 5) is 22.2. The molecule has 2 N–H and O–H groups in total. The number of aryl methyl sites for hydroxylation is 1. The van der Waals surface area contributed by atoms with Gasteiger partial charge in [0.1, 0.15) is 6.10 Å². The number of pyridine rings is 1. The van der Waals surface area contributed by atoms with Crippen molar-refractivity contribution in [3.05, 3.63) is 53.7 Å². The Morgan fingerprint density at radius 1 is 1.15 bits per heavy atom. The number of carbonyl (C=O) groups is 1. The van der Waals surface area contributed by atoms with Crippen molar-refractivity contribution in [3.8, 4) is 5.88 Å². The van der Waals surface area contributed by atoms with Gasteiger partial charge < -0.3 is 25.0 Å². The lowest BCUT2D eigenvalue weighted by molar-refractivity contribution is -0.126. The summed E-state index contributed by atoms with van der Waals surface area (Å²) in [5.41, 5.74) is 3.08. The van der Waals surface area contributed by atoms with Gasteiger partial charge in [-0.2, -0.15) is 0 Å². The molecule has 0 aliphatic carbocycles. The van der Waals surface area contributed by atoms with Gasteiger partial charge in [-0.05, 0) is 71.3 Å². The summed E-state index contributed by atoms with van der Waals surface area (Å²) in [6, 6.07) is 11.7. The fourth-order valence-electron chi connectivity index (χ4n) is 4.84. The second-order valence-electron chi connectivity index (χ2n) is 9.93. The Balaban J connectivity index is 1.42. The molecule has 3 atom stereocenters. The number of anilines is 1. The van der Waals surface area contributed by atoms with E-state index in [2.05, 4.69) is 51.3 Å². The minimum absolute atomic E-state index is 0.0191. The van der Waals surface area contributed by atoms with Crippen LogP contribution < -0.4 is 15.0 Å². The summed E-state index contributed by atoms with van der Waals surface area (Å²) >= 11 is 0. The fraction of sp³-hybridized carbons (Fsp3) is 0.556. The normalized spacial score (nSPS) is 20.5. The van der Waals surface area contributed by atoms with Crippen molar-refractivity contribution in [1.29, 1.82) is 0 Å². The van der Waals surface area contributed by atoms with E-state index >= 15 is 0 Å². The number of carbonyl (C=O) groups excluding carboxylic acids is 1. The molecule has 0 saturated carbocycles. The zero-order chi connectivity index (χ0) is 24.1. The molecule has 1 amide bonds. The van der Waals surface area contributed by atoms with E-state index in [0.717, 1.165) is 44.6 Å². The lowest BCUT2D eigenvalue weighted by atomic mass is 10.0. The number of rotatable bonds is 9. The van der Waals surface area contributed by atoms with Crippen molar-refractivity contribution in [3.63, 3.8) is 0 Å². The summed E-state index contributed by atoms with van der Waals surface area (Å²) in [7, 11) is 0.